The number of aromatic nitrogens is 4. The highest BCUT2D eigenvalue weighted by Gasteiger charge is 2.05. The van der Waals surface area contributed by atoms with E-state index in [0.29, 0.717) is 22.9 Å². The molecule has 0 aliphatic heterocycles. The van der Waals surface area contributed by atoms with Crippen LogP contribution in [0.1, 0.15) is 13.3 Å². The number of rotatable bonds is 5. The average molecular weight is 228 g/mol. The topological polar surface area (TPSA) is 80.9 Å². The van der Waals surface area contributed by atoms with Gasteiger partial charge in [0.2, 0.25) is 5.16 Å². The van der Waals surface area contributed by atoms with Crippen LogP contribution in [0.3, 0.4) is 0 Å². The van der Waals surface area contributed by atoms with Crippen LogP contribution in [0, 0.1) is 0 Å². The van der Waals surface area contributed by atoms with Crippen LogP contribution in [0.5, 0.6) is 0 Å². The summed E-state index contributed by atoms with van der Waals surface area (Å²) in [6.45, 7) is 1.81. The van der Waals surface area contributed by atoms with Gasteiger partial charge in [0.25, 0.3) is 0 Å². The summed E-state index contributed by atoms with van der Waals surface area (Å²) in [5.41, 5.74) is 0.414. The Morgan fingerprint density at radius 3 is 2.87 bits per heavy atom. The monoisotopic (exact) mass is 228 g/mol. The van der Waals surface area contributed by atoms with Crippen molar-refractivity contribution in [3.8, 4) is 0 Å². The first kappa shape index (κ1) is 11.7. The van der Waals surface area contributed by atoms with E-state index in [-0.39, 0.29) is 0 Å². The fraction of sp³-hybridized carbons (Fsp3) is 0.500. The molecule has 0 amide bonds. The summed E-state index contributed by atoms with van der Waals surface area (Å²) >= 11 is 1.40. The molecule has 7 heteroatoms. The van der Waals surface area contributed by atoms with E-state index in [1.807, 2.05) is 6.92 Å². The van der Waals surface area contributed by atoms with Gasteiger partial charge in [-0.25, -0.2) is 9.48 Å². The maximum Gasteiger partial charge on any atom is 0.331 e. The number of aryl methyl sites for hydroxylation is 1. The fourth-order valence-corrected chi connectivity index (χ4v) is 1.69. The number of nitrogens with zero attached hydrogens (tertiary/aromatic N) is 4. The zero-order chi connectivity index (χ0) is 11.3. The Hall–Kier alpha value is -1.37. The number of hydrogen-bond acceptors (Lipinski definition) is 5. The van der Waals surface area contributed by atoms with Crippen LogP contribution in [0.25, 0.3) is 0 Å². The molecule has 0 radical (unpaired) electrons. The Bertz CT molecular complexity index is 374. The van der Waals surface area contributed by atoms with E-state index in [0.717, 1.165) is 0 Å². The van der Waals surface area contributed by atoms with Gasteiger partial charge in [0, 0.05) is 18.4 Å². The lowest BCUT2D eigenvalue weighted by molar-refractivity contribution is -0.132. The molecule has 0 saturated heterocycles. The van der Waals surface area contributed by atoms with Crippen molar-refractivity contribution in [2.75, 3.05) is 5.75 Å². The number of carboxylic acid groups (broad SMARTS) is 1. The molecule has 1 N–H and O–H groups in total. The van der Waals surface area contributed by atoms with Crippen molar-refractivity contribution in [3.05, 3.63) is 11.6 Å². The van der Waals surface area contributed by atoms with Crippen molar-refractivity contribution < 1.29 is 9.90 Å². The normalized spacial score (nSPS) is 11.7. The van der Waals surface area contributed by atoms with Crippen molar-refractivity contribution in [1.29, 1.82) is 0 Å². The molecule has 15 heavy (non-hydrogen) atoms. The molecule has 1 aromatic heterocycles. The van der Waals surface area contributed by atoms with Gasteiger partial charge < -0.3 is 5.11 Å². The number of aliphatic carboxylic acids is 1. The van der Waals surface area contributed by atoms with Gasteiger partial charge in [-0.1, -0.05) is 24.8 Å². The van der Waals surface area contributed by atoms with Crippen LogP contribution in [-0.2, 0) is 11.8 Å². The molecular weight excluding hydrogens is 216 g/mol. The minimum Gasteiger partial charge on any atom is -0.478 e. The van der Waals surface area contributed by atoms with Crippen LogP contribution in [0.2, 0.25) is 0 Å². The highest BCUT2D eigenvalue weighted by atomic mass is 32.2. The lowest BCUT2D eigenvalue weighted by atomic mass is 10.2. The molecule has 0 atom stereocenters. The minimum atomic E-state index is -0.866. The summed E-state index contributed by atoms with van der Waals surface area (Å²) in [4.78, 5) is 10.7. The smallest absolute Gasteiger partial charge is 0.331 e. The molecule has 0 fully saturated rings. The molecule has 0 aliphatic rings. The third kappa shape index (κ3) is 3.35. The second-order valence-corrected chi connectivity index (χ2v) is 3.77. The van der Waals surface area contributed by atoms with Crippen molar-refractivity contribution >= 4 is 17.7 Å². The van der Waals surface area contributed by atoms with Crippen LogP contribution in [0.4, 0.5) is 0 Å². The summed E-state index contributed by atoms with van der Waals surface area (Å²) in [5.74, 6) is -0.307. The van der Waals surface area contributed by atoms with Crippen LogP contribution in [-0.4, -0.2) is 37.0 Å². The van der Waals surface area contributed by atoms with Gasteiger partial charge in [-0.15, -0.1) is 5.10 Å². The molecule has 0 bridgehead atoms. The summed E-state index contributed by atoms with van der Waals surface area (Å²) in [5, 5.41) is 20.4. The first-order valence-corrected chi connectivity index (χ1v) is 5.41. The highest BCUT2D eigenvalue weighted by molar-refractivity contribution is 7.99. The molecule has 1 heterocycles. The lowest BCUT2D eigenvalue weighted by Crippen LogP contribution is -2.00. The number of carbonyl (C=O) groups is 1. The van der Waals surface area contributed by atoms with E-state index in [4.69, 9.17) is 5.11 Å². The predicted octanol–water partition coefficient (Wildman–Crippen LogP) is 0.723. The standard InChI is InChI=1S/C8H12N4O2S/c1-3-6(7(13)14)4-5-15-8-9-10-11-12(8)2/h4H,3,5H2,1-2H3,(H,13,14). The van der Waals surface area contributed by atoms with E-state index in [1.165, 1.54) is 11.8 Å². The molecule has 0 aromatic carbocycles. The fourth-order valence-electron chi connectivity index (χ4n) is 0.943. The second kappa shape index (κ2) is 5.50. The van der Waals surface area contributed by atoms with Crippen LogP contribution >= 0.6 is 11.8 Å². The zero-order valence-electron chi connectivity index (χ0n) is 8.54. The highest BCUT2D eigenvalue weighted by Crippen LogP contribution is 2.13. The summed E-state index contributed by atoms with van der Waals surface area (Å²) in [7, 11) is 1.74. The molecule has 0 aliphatic carbocycles. The van der Waals surface area contributed by atoms with Gasteiger partial charge in [0.1, 0.15) is 0 Å². The average Bonchev–Trinajstić information content (AvgIpc) is 2.58. The van der Waals surface area contributed by atoms with Gasteiger partial charge in [0.05, 0.1) is 0 Å². The van der Waals surface area contributed by atoms with E-state index in [1.54, 1.807) is 17.8 Å². The Balaban J connectivity index is 2.51. The molecular formula is C8H12N4O2S. The largest absolute Gasteiger partial charge is 0.478 e. The first-order valence-electron chi connectivity index (χ1n) is 4.42. The maximum atomic E-state index is 10.7. The summed E-state index contributed by atoms with van der Waals surface area (Å²) in [6.07, 6.45) is 2.20. The molecule has 1 rings (SSSR count). The molecule has 1 aromatic rings. The Morgan fingerprint density at radius 1 is 1.67 bits per heavy atom. The van der Waals surface area contributed by atoms with Crippen molar-refractivity contribution in [2.45, 2.75) is 18.5 Å². The van der Waals surface area contributed by atoms with Gasteiger partial charge >= 0.3 is 5.97 Å². The Morgan fingerprint density at radius 2 is 2.40 bits per heavy atom. The van der Waals surface area contributed by atoms with E-state index < -0.39 is 5.97 Å². The second-order valence-electron chi connectivity index (χ2n) is 2.78. The third-order valence-electron chi connectivity index (χ3n) is 1.78. The van der Waals surface area contributed by atoms with E-state index >= 15 is 0 Å². The summed E-state index contributed by atoms with van der Waals surface area (Å²) in [6, 6.07) is 0. The summed E-state index contributed by atoms with van der Waals surface area (Å²) < 4.78 is 1.55. The minimum absolute atomic E-state index is 0.414. The number of thioether (sulfide) groups is 1. The van der Waals surface area contributed by atoms with E-state index in [9.17, 15) is 4.79 Å². The molecule has 0 spiro atoms. The number of hydrogen-bond donors (Lipinski definition) is 1. The molecule has 82 valence electrons. The van der Waals surface area contributed by atoms with Gasteiger partial charge in [-0.2, -0.15) is 0 Å². The van der Waals surface area contributed by atoms with Gasteiger partial charge in [-0.3, -0.25) is 0 Å². The Kier molecular flexibility index (Phi) is 4.29. The molecule has 0 saturated carbocycles. The van der Waals surface area contributed by atoms with Gasteiger partial charge in [0.15, 0.2) is 0 Å². The van der Waals surface area contributed by atoms with Crippen LogP contribution in [0.15, 0.2) is 16.8 Å². The van der Waals surface area contributed by atoms with Crippen molar-refractivity contribution in [1.82, 2.24) is 20.2 Å². The third-order valence-corrected chi connectivity index (χ3v) is 2.72. The lowest BCUT2D eigenvalue weighted by Gasteiger charge is -1.97. The van der Waals surface area contributed by atoms with Gasteiger partial charge in [-0.05, 0) is 16.8 Å². The molecule has 6 nitrogen and oxygen atoms in total. The predicted molar refractivity (Wildman–Crippen MR) is 55.5 cm³/mol. The van der Waals surface area contributed by atoms with E-state index in [2.05, 4.69) is 15.5 Å². The first-order chi connectivity index (χ1) is 7.15. The zero-order valence-corrected chi connectivity index (χ0v) is 9.36. The molecule has 0 unspecified atom stereocenters. The SMILES string of the molecule is CCC(=CCSc1nnnn1C)C(=O)O. The maximum absolute atomic E-state index is 10.7. The van der Waals surface area contributed by atoms with Crippen LogP contribution < -0.4 is 0 Å². The number of carboxylic acids is 1. The quantitative estimate of drug-likeness (QED) is 0.591. The number of tetrazole rings is 1. The Labute approximate surface area is 91.4 Å². The van der Waals surface area contributed by atoms with Crippen molar-refractivity contribution in [3.63, 3.8) is 0 Å². The van der Waals surface area contributed by atoms with Crippen molar-refractivity contribution in [2.24, 2.45) is 7.05 Å².